The first-order chi connectivity index (χ1) is 10.7. The van der Waals surface area contributed by atoms with Gasteiger partial charge < -0.3 is 4.42 Å². The molecule has 110 valence electrons. The summed E-state index contributed by atoms with van der Waals surface area (Å²) in [5.41, 5.74) is 1.48. The third-order valence-corrected chi connectivity index (χ3v) is 3.74. The number of thioether (sulfide) groups is 1. The topological polar surface area (TPSA) is 95.0 Å². The van der Waals surface area contributed by atoms with Crippen LogP contribution in [0.3, 0.4) is 0 Å². The summed E-state index contributed by atoms with van der Waals surface area (Å²) in [7, 11) is 0. The van der Waals surface area contributed by atoms with Crippen molar-refractivity contribution in [2.75, 3.05) is 0 Å². The molecule has 0 spiro atoms. The van der Waals surface area contributed by atoms with Crippen LogP contribution in [0.25, 0.3) is 11.5 Å². The van der Waals surface area contributed by atoms with Gasteiger partial charge in [-0.15, -0.1) is 10.2 Å². The van der Waals surface area contributed by atoms with Crippen molar-refractivity contribution in [1.82, 2.24) is 15.2 Å². The predicted octanol–water partition coefficient (Wildman–Crippen LogP) is 3.33. The summed E-state index contributed by atoms with van der Waals surface area (Å²) < 4.78 is 5.53. The highest BCUT2D eigenvalue weighted by Gasteiger charge is 2.14. The van der Waals surface area contributed by atoms with E-state index in [1.807, 2.05) is 0 Å². The molecule has 0 aliphatic carbocycles. The molecule has 0 N–H and O–H groups in total. The number of para-hydroxylation sites is 1. The molecule has 0 aliphatic rings. The highest BCUT2D eigenvalue weighted by atomic mass is 32.2. The number of pyridine rings is 1. The molecule has 0 saturated carbocycles. The van der Waals surface area contributed by atoms with Gasteiger partial charge in [-0.3, -0.25) is 15.1 Å². The minimum atomic E-state index is -0.397. The van der Waals surface area contributed by atoms with Crippen LogP contribution in [-0.4, -0.2) is 20.1 Å². The maximum atomic E-state index is 11.0. The SMILES string of the molecule is O=[N+]([O-])c1ccccc1CSc1nnc(-c2ccncc2)o1. The van der Waals surface area contributed by atoms with E-state index in [0.717, 1.165) is 5.56 Å². The third kappa shape index (κ3) is 3.12. The van der Waals surface area contributed by atoms with Crippen LogP contribution in [0.5, 0.6) is 0 Å². The summed E-state index contributed by atoms with van der Waals surface area (Å²) in [5, 5.41) is 19.2. The Bertz CT molecular complexity index is 792. The number of hydrogen-bond acceptors (Lipinski definition) is 7. The van der Waals surface area contributed by atoms with Gasteiger partial charge in [-0.1, -0.05) is 30.0 Å². The molecule has 3 aromatic rings. The highest BCUT2D eigenvalue weighted by Crippen LogP contribution is 2.28. The molecule has 0 unspecified atom stereocenters. The number of aromatic nitrogens is 3. The maximum absolute atomic E-state index is 11.0. The van der Waals surface area contributed by atoms with Gasteiger partial charge >= 0.3 is 0 Å². The molecule has 0 fully saturated rings. The van der Waals surface area contributed by atoms with Gasteiger partial charge in [0.15, 0.2) is 0 Å². The Labute approximate surface area is 129 Å². The average Bonchev–Trinajstić information content (AvgIpc) is 3.03. The molecule has 7 nitrogen and oxygen atoms in total. The smallest absolute Gasteiger partial charge is 0.277 e. The molecule has 0 atom stereocenters. The Morgan fingerprint density at radius 3 is 2.68 bits per heavy atom. The Kier molecular flexibility index (Phi) is 4.10. The molecule has 0 amide bonds. The van der Waals surface area contributed by atoms with Crippen molar-refractivity contribution in [3.8, 4) is 11.5 Å². The van der Waals surface area contributed by atoms with Gasteiger partial charge in [-0.2, -0.15) is 0 Å². The molecule has 22 heavy (non-hydrogen) atoms. The van der Waals surface area contributed by atoms with Crippen molar-refractivity contribution >= 4 is 17.4 Å². The summed E-state index contributed by atoms with van der Waals surface area (Å²) in [6.45, 7) is 0. The molecule has 2 aromatic heterocycles. The Hall–Kier alpha value is -2.74. The minimum absolute atomic E-state index is 0.0869. The normalized spacial score (nSPS) is 10.5. The van der Waals surface area contributed by atoms with E-state index < -0.39 is 4.92 Å². The minimum Gasteiger partial charge on any atom is -0.411 e. The van der Waals surface area contributed by atoms with E-state index in [-0.39, 0.29) is 5.69 Å². The number of nitro benzene ring substituents is 1. The fourth-order valence-corrected chi connectivity index (χ4v) is 2.59. The van der Waals surface area contributed by atoms with Gasteiger partial charge in [0, 0.05) is 35.3 Å². The van der Waals surface area contributed by atoms with Crippen LogP contribution in [0.15, 0.2) is 58.4 Å². The van der Waals surface area contributed by atoms with Crippen molar-refractivity contribution in [3.63, 3.8) is 0 Å². The van der Waals surface area contributed by atoms with Crippen LogP contribution in [0.4, 0.5) is 5.69 Å². The molecule has 3 rings (SSSR count). The van der Waals surface area contributed by atoms with E-state index in [9.17, 15) is 10.1 Å². The van der Waals surface area contributed by atoms with Gasteiger partial charge in [0.1, 0.15) is 0 Å². The summed E-state index contributed by atoms with van der Waals surface area (Å²) in [5.74, 6) is 0.780. The molecular formula is C14H10N4O3S. The van der Waals surface area contributed by atoms with E-state index in [4.69, 9.17) is 4.42 Å². The number of benzene rings is 1. The zero-order valence-electron chi connectivity index (χ0n) is 11.2. The molecule has 8 heteroatoms. The first kappa shape index (κ1) is 14.2. The molecule has 0 bridgehead atoms. The standard InChI is InChI=1S/C14H10N4O3S/c19-18(20)12-4-2-1-3-11(12)9-22-14-17-16-13(21-14)10-5-7-15-8-6-10/h1-8H,9H2. The number of rotatable bonds is 5. The summed E-state index contributed by atoms with van der Waals surface area (Å²) in [6.07, 6.45) is 3.28. The third-order valence-electron chi connectivity index (χ3n) is 2.87. The van der Waals surface area contributed by atoms with Crippen LogP contribution in [0.2, 0.25) is 0 Å². The van der Waals surface area contributed by atoms with Gasteiger partial charge in [0.05, 0.1) is 4.92 Å². The van der Waals surface area contributed by atoms with E-state index in [2.05, 4.69) is 15.2 Å². The fraction of sp³-hybridized carbons (Fsp3) is 0.0714. The molecule has 0 radical (unpaired) electrons. The lowest BCUT2D eigenvalue weighted by Gasteiger charge is -1.99. The van der Waals surface area contributed by atoms with Crippen molar-refractivity contribution in [2.24, 2.45) is 0 Å². The lowest BCUT2D eigenvalue weighted by molar-refractivity contribution is -0.385. The molecular weight excluding hydrogens is 304 g/mol. The van der Waals surface area contributed by atoms with Crippen LogP contribution in [0.1, 0.15) is 5.56 Å². The molecule has 1 aromatic carbocycles. The monoisotopic (exact) mass is 314 g/mol. The second-order valence-electron chi connectivity index (χ2n) is 4.28. The largest absolute Gasteiger partial charge is 0.411 e. The van der Waals surface area contributed by atoms with Gasteiger partial charge in [0.25, 0.3) is 10.9 Å². The van der Waals surface area contributed by atoms with E-state index in [0.29, 0.717) is 22.4 Å². The second-order valence-corrected chi connectivity index (χ2v) is 5.21. The highest BCUT2D eigenvalue weighted by molar-refractivity contribution is 7.98. The van der Waals surface area contributed by atoms with E-state index in [1.165, 1.54) is 17.8 Å². The molecule has 0 saturated heterocycles. The summed E-state index contributed by atoms with van der Waals surface area (Å²) in [4.78, 5) is 14.5. The first-order valence-electron chi connectivity index (χ1n) is 6.33. The Balaban J connectivity index is 1.73. The lowest BCUT2D eigenvalue weighted by atomic mass is 10.2. The van der Waals surface area contributed by atoms with Gasteiger partial charge in [-0.05, 0) is 12.1 Å². The van der Waals surface area contributed by atoms with Crippen molar-refractivity contribution in [3.05, 3.63) is 64.5 Å². The lowest BCUT2D eigenvalue weighted by Crippen LogP contribution is -1.93. The fourth-order valence-electron chi connectivity index (χ4n) is 1.83. The van der Waals surface area contributed by atoms with E-state index in [1.54, 1.807) is 42.7 Å². The van der Waals surface area contributed by atoms with Crippen molar-refractivity contribution < 1.29 is 9.34 Å². The number of nitrogens with zero attached hydrogens (tertiary/aromatic N) is 4. The summed E-state index contributed by atoms with van der Waals surface area (Å²) in [6, 6.07) is 10.1. The van der Waals surface area contributed by atoms with E-state index >= 15 is 0 Å². The average molecular weight is 314 g/mol. The van der Waals surface area contributed by atoms with Gasteiger partial charge in [-0.25, -0.2) is 0 Å². The van der Waals surface area contributed by atoms with Crippen LogP contribution in [-0.2, 0) is 5.75 Å². The van der Waals surface area contributed by atoms with Crippen LogP contribution >= 0.6 is 11.8 Å². The van der Waals surface area contributed by atoms with Crippen molar-refractivity contribution in [2.45, 2.75) is 11.0 Å². The number of nitro groups is 1. The summed E-state index contributed by atoms with van der Waals surface area (Å²) >= 11 is 1.26. The van der Waals surface area contributed by atoms with Crippen molar-refractivity contribution in [1.29, 1.82) is 0 Å². The van der Waals surface area contributed by atoms with Gasteiger partial charge in [0.2, 0.25) is 5.89 Å². The predicted molar refractivity (Wildman–Crippen MR) is 80.2 cm³/mol. The Morgan fingerprint density at radius 1 is 1.14 bits per heavy atom. The maximum Gasteiger partial charge on any atom is 0.277 e. The van der Waals surface area contributed by atoms with Crippen LogP contribution in [0, 0.1) is 10.1 Å². The zero-order valence-corrected chi connectivity index (χ0v) is 12.1. The molecule has 0 aliphatic heterocycles. The first-order valence-corrected chi connectivity index (χ1v) is 7.31. The second kappa shape index (κ2) is 6.35. The quantitative estimate of drug-likeness (QED) is 0.405. The Morgan fingerprint density at radius 2 is 1.91 bits per heavy atom. The molecule has 2 heterocycles. The number of hydrogen-bond donors (Lipinski definition) is 0. The zero-order chi connectivity index (χ0) is 15.4. The van der Waals surface area contributed by atoms with Crippen LogP contribution < -0.4 is 0 Å².